The van der Waals surface area contributed by atoms with Crippen LogP contribution in [0.5, 0.6) is 23.0 Å². The summed E-state index contributed by atoms with van der Waals surface area (Å²) in [5.41, 5.74) is 1.20. The monoisotopic (exact) mass is 1200 g/mol. The minimum absolute atomic E-state index is 0.00413. The second-order valence-corrected chi connectivity index (χ2v) is 40.4. The molecule has 0 fully saturated rings. The molecule has 0 bridgehead atoms. The lowest BCUT2D eigenvalue weighted by atomic mass is 10.0. The van der Waals surface area contributed by atoms with Crippen molar-refractivity contribution in [2.45, 2.75) is 90.9 Å². The largest absolute Gasteiger partial charge is 0.541 e. The summed E-state index contributed by atoms with van der Waals surface area (Å²) in [5.74, 6) is -4.25. The number of carbonyl (C=O) groups excluding carboxylic acids is 4. The number of hydrogen-bond acceptors (Lipinski definition) is 14. The van der Waals surface area contributed by atoms with E-state index in [0.29, 0.717) is 22.0 Å². The van der Waals surface area contributed by atoms with Gasteiger partial charge in [0.1, 0.15) is 52.2 Å². The highest BCUT2D eigenvalue weighted by atomic mass is 79.9. The van der Waals surface area contributed by atoms with E-state index >= 15 is 0 Å². The van der Waals surface area contributed by atoms with Crippen molar-refractivity contribution in [2.24, 2.45) is 0 Å². The lowest BCUT2D eigenvalue weighted by Crippen LogP contribution is -2.51. The Hall–Kier alpha value is -5.75. The summed E-state index contributed by atoms with van der Waals surface area (Å²) < 4.78 is 79.4. The summed E-state index contributed by atoms with van der Waals surface area (Å²) in [6.07, 6.45) is 1.40. The van der Waals surface area contributed by atoms with Crippen molar-refractivity contribution in [3.8, 4) is 23.0 Å². The molecule has 4 heterocycles. The number of aromatic nitrogens is 2. The third kappa shape index (κ3) is 13.2. The highest BCUT2D eigenvalue weighted by Crippen LogP contribution is 2.52. The zero-order valence-corrected chi connectivity index (χ0v) is 49.7. The van der Waals surface area contributed by atoms with Crippen molar-refractivity contribution < 1.29 is 74.9 Å². The number of phenolic OH excluding ortho intramolecular Hbond substituents is 1. The fourth-order valence-electron chi connectivity index (χ4n) is 9.29. The maximum absolute atomic E-state index is 14.2. The number of fused-ring (bicyclic) bond motifs is 4. The summed E-state index contributed by atoms with van der Waals surface area (Å²) in [6, 6.07) is 17.1. The van der Waals surface area contributed by atoms with Crippen molar-refractivity contribution in [1.82, 2.24) is 19.8 Å². The molecule has 412 valence electrons. The Bertz CT molecular complexity index is 3290. The van der Waals surface area contributed by atoms with Gasteiger partial charge in [-0.15, -0.1) is 15.3 Å². The molecule has 0 aliphatic carbocycles. The lowest BCUT2D eigenvalue weighted by molar-refractivity contribution is 0.0625. The van der Waals surface area contributed by atoms with Crippen LogP contribution in [0.4, 0.5) is 8.78 Å². The molecule has 0 saturated carbocycles. The molecule has 2 aromatic heterocycles. The van der Waals surface area contributed by atoms with E-state index in [4.69, 9.17) is 32.7 Å². The third-order valence-electron chi connectivity index (χ3n) is 12.6. The van der Waals surface area contributed by atoms with Gasteiger partial charge in [-0.25, -0.2) is 8.78 Å². The van der Waals surface area contributed by atoms with Crippen LogP contribution in [0.2, 0.25) is 36.3 Å². The Balaban J connectivity index is 0.000000239. The van der Waals surface area contributed by atoms with Gasteiger partial charge in [0.25, 0.3) is 31.9 Å². The first-order chi connectivity index (χ1) is 36.0. The second-order valence-electron chi connectivity index (χ2n) is 20.0. The van der Waals surface area contributed by atoms with E-state index in [1.54, 1.807) is 18.3 Å². The first-order valence-electron chi connectivity index (χ1n) is 24.2. The van der Waals surface area contributed by atoms with Crippen molar-refractivity contribution in [3.05, 3.63) is 130 Å². The molecule has 0 unspecified atom stereocenters. The number of aromatic hydroxyl groups is 1. The molecule has 77 heavy (non-hydrogen) atoms. The van der Waals surface area contributed by atoms with Gasteiger partial charge in [-0.3, -0.25) is 48.1 Å². The van der Waals surface area contributed by atoms with Crippen LogP contribution in [-0.4, -0.2) is 100 Å². The van der Waals surface area contributed by atoms with Crippen LogP contribution in [0.3, 0.4) is 0 Å². The fourth-order valence-corrected chi connectivity index (χ4v) is 15.5. The highest BCUT2D eigenvalue weighted by Gasteiger charge is 2.51. The van der Waals surface area contributed by atoms with Gasteiger partial charge in [0.2, 0.25) is 0 Å². The van der Waals surface area contributed by atoms with E-state index in [-0.39, 0.29) is 80.1 Å². The van der Waals surface area contributed by atoms with Crippen molar-refractivity contribution >= 4 is 90.9 Å². The molecule has 25 heteroatoms. The van der Waals surface area contributed by atoms with Gasteiger partial charge >= 0.3 is 15.2 Å². The quantitative estimate of drug-likeness (QED) is 0.0333. The van der Waals surface area contributed by atoms with Crippen LogP contribution in [0.1, 0.15) is 94.1 Å². The number of amides is 4. The maximum Gasteiger partial charge on any atom is 0.367 e. The van der Waals surface area contributed by atoms with Gasteiger partial charge in [0.05, 0.1) is 29.8 Å². The second kappa shape index (κ2) is 24.1. The smallest absolute Gasteiger partial charge is 0.367 e. The molecule has 0 atom stereocenters. The highest BCUT2D eigenvalue weighted by molar-refractivity contribution is 9.26. The number of carbonyl (C=O) groups is 4. The lowest BCUT2D eigenvalue weighted by Gasteiger charge is -2.42. The summed E-state index contributed by atoms with van der Waals surface area (Å²) in [6.45, 7) is 18.4. The maximum atomic E-state index is 14.2. The molecular formula is C52H61BrF2N4O14P2Si2. The molecule has 18 nitrogen and oxygen atoms in total. The Morgan fingerprint density at radius 1 is 0.597 bits per heavy atom. The number of pyridine rings is 2. The van der Waals surface area contributed by atoms with Gasteiger partial charge in [-0.05, 0) is 76.3 Å². The topological polar surface area (TPSA) is 242 Å². The minimum Gasteiger partial charge on any atom is -0.541 e. The van der Waals surface area contributed by atoms with E-state index < -0.39 is 83.9 Å². The van der Waals surface area contributed by atoms with E-state index in [1.165, 1.54) is 81.1 Å². The molecule has 8 rings (SSSR count). The zero-order chi connectivity index (χ0) is 57.1. The number of hydrogen-bond donors (Lipinski definition) is 3. The molecular weight excluding hydrogens is 1140 g/mol. The number of nitrogens with zero attached hydrogens (tertiary/aromatic N) is 4. The van der Waals surface area contributed by atoms with Gasteiger partial charge in [0, 0.05) is 37.4 Å². The molecule has 0 radical (unpaired) electrons. The SMILES string of the molecule is COP(=O)(COc1c2c(c(O[Si](C(C)C)(C(C)C)C(C)C)c3ncccc13)C(=O)N(Cc1ccc(F)cc1)C2=O)OC.C[Si](C)(C)Br.O=C1c2c(c(O)c3ncccc3c2OCP(=O)(O)O)C(=O)N1Cc1ccc(F)cc1. The third-order valence-corrected chi connectivity index (χ3v) is 20.6. The molecule has 2 aliphatic heterocycles. The number of phenols is 1. The van der Waals surface area contributed by atoms with Crippen LogP contribution < -0.4 is 13.9 Å². The van der Waals surface area contributed by atoms with Gasteiger partial charge in [-0.2, -0.15) is 0 Å². The Morgan fingerprint density at radius 2 is 0.961 bits per heavy atom. The Kier molecular flexibility index (Phi) is 18.9. The summed E-state index contributed by atoms with van der Waals surface area (Å²) in [4.78, 5) is 83.1. The standard InChI is InChI=1S/C30H38FN2O7PSi.C19H14FN2O7P.C3H9BrSi/c1-18(2)42(19(3)4,20(5)6)40-28-25-24(29(34)33(30(25)35)16-21-11-13-22(31)14-12-21)27(23-10-9-15-32-26(23)28)39-17-41(36,37-7)38-8;20-11-5-3-10(4-6-11)8-22-18(24)13-14(19(22)25)17(29-9-30(26,27)28)12-2-1-7-21-15(12)16(13)23;1-5(2,3)4/h9-15,18-20H,16-17H2,1-8H3;1-7,23H,8-9H2,(H2,26,27,28);1-3H3. The molecule has 4 amide bonds. The zero-order valence-electron chi connectivity index (χ0n) is 44.3. The van der Waals surface area contributed by atoms with E-state index in [1.807, 2.05) is 0 Å². The first kappa shape index (κ1) is 60.5. The number of ether oxygens (including phenoxy) is 2. The average Bonchev–Trinajstić information content (AvgIpc) is 3.75. The Labute approximate surface area is 454 Å². The van der Waals surface area contributed by atoms with Gasteiger partial charge in [-0.1, -0.05) is 85.4 Å². The van der Waals surface area contributed by atoms with Crippen molar-refractivity contribution in [3.63, 3.8) is 0 Å². The van der Waals surface area contributed by atoms with Crippen LogP contribution >= 0.6 is 30.5 Å². The molecule has 0 spiro atoms. The average molecular weight is 1200 g/mol. The van der Waals surface area contributed by atoms with E-state index in [0.717, 1.165) is 9.80 Å². The van der Waals surface area contributed by atoms with Crippen LogP contribution in [0, 0.1) is 11.6 Å². The number of rotatable bonds is 17. The number of benzene rings is 4. The normalized spacial score (nSPS) is 13.8. The summed E-state index contributed by atoms with van der Waals surface area (Å²) in [7, 11) is -8.44. The van der Waals surface area contributed by atoms with Crippen LogP contribution in [0.25, 0.3) is 21.8 Å². The summed E-state index contributed by atoms with van der Waals surface area (Å²) >= 11 is 3.51. The van der Waals surface area contributed by atoms with Crippen LogP contribution in [0.15, 0.2) is 85.2 Å². The van der Waals surface area contributed by atoms with E-state index in [2.05, 4.69) is 86.4 Å². The molecule has 6 aromatic rings. The summed E-state index contributed by atoms with van der Waals surface area (Å²) in [5, 5.41) is 11.2. The van der Waals surface area contributed by atoms with Crippen molar-refractivity contribution in [2.75, 3.05) is 26.9 Å². The number of imide groups is 2. The van der Waals surface area contributed by atoms with Gasteiger partial charge in [0.15, 0.2) is 18.4 Å². The fraction of sp³-hybridized carbons (Fsp3) is 0.346. The van der Waals surface area contributed by atoms with E-state index in [9.17, 15) is 42.2 Å². The molecule has 3 N–H and O–H groups in total. The molecule has 4 aromatic carbocycles. The molecule has 2 aliphatic rings. The molecule has 0 saturated heterocycles. The van der Waals surface area contributed by atoms with Crippen molar-refractivity contribution in [1.29, 1.82) is 0 Å². The predicted molar refractivity (Wildman–Crippen MR) is 295 cm³/mol. The predicted octanol–water partition coefficient (Wildman–Crippen LogP) is 12.2. The first-order valence-corrected chi connectivity index (χ1v) is 35.6. The van der Waals surface area contributed by atoms with Gasteiger partial charge < -0.3 is 37.8 Å². The van der Waals surface area contributed by atoms with Crippen LogP contribution in [-0.2, 0) is 31.3 Å². The number of halogens is 3. The Morgan fingerprint density at radius 3 is 1.36 bits per heavy atom. The minimum atomic E-state index is -4.61.